The third-order valence-corrected chi connectivity index (χ3v) is 3.71. The summed E-state index contributed by atoms with van der Waals surface area (Å²) in [5, 5.41) is 25.4. The van der Waals surface area contributed by atoms with Gasteiger partial charge in [-0.3, -0.25) is 0 Å². The van der Waals surface area contributed by atoms with E-state index in [1.165, 1.54) is 0 Å². The largest absolute Gasteiger partial charge is 0.508 e. The van der Waals surface area contributed by atoms with E-state index in [-0.39, 0.29) is 42.3 Å². The number of aliphatic imine (C=N–C) groups is 1. The molecule has 5 nitrogen and oxygen atoms in total. The van der Waals surface area contributed by atoms with Gasteiger partial charge in [-0.1, -0.05) is 42.5 Å². The van der Waals surface area contributed by atoms with Gasteiger partial charge in [0.05, 0.1) is 13.2 Å². The van der Waals surface area contributed by atoms with E-state index < -0.39 is 0 Å². The third-order valence-electron chi connectivity index (χ3n) is 3.71. The molecule has 0 aliphatic carbocycles. The van der Waals surface area contributed by atoms with E-state index in [9.17, 15) is 10.2 Å². The van der Waals surface area contributed by atoms with Gasteiger partial charge in [0.25, 0.3) is 0 Å². The zero-order valence-electron chi connectivity index (χ0n) is 14.4. The lowest BCUT2D eigenvalue weighted by atomic mass is 10.0. The van der Waals surface area contributed by atoms with Crippen LogP contribution in [-0.2, 0) is 6.54 Å². The van der Waals surface area contributed by atoms with E-state index in [0.717, 1.165) is 17.7 Å². The van der Waals surface area contributed by atoms with Crippen LogP contribution in [0.1, 0.15) is 24.0 Å². The SMILES string of the molecule is CCNC(=NCc1ccc(O)cc1)NCC(CO)c1ccccc1.I. The third kappa shape index (κ3) is 7.31. The maximum absolute atomic E-state index is 9.63. The molecule has 136 valence electrons. The minimum absolute atomic E-state index is 0. The first kappa shape index (κ1) is 21.2. The molecular weight excluding hydrogens is 429 g/mol. The maximum Gasteiger partial charge on any atom is 0.191 e. The van der Waals surface area contributed by atoms with Crippen molar-refractivity contribution in [3.05, 3.63) is 65.7 Å². The van der Waals surface area contributed by atoms with Gasteiger partial charge in [0.1, 0.15) is 5.75 Å². The fraction of sp³-hybridized carbons (Fsp3) is 0.316. The summed E-state index contributed by atoms with van der Waals surface area (Å²) in [4.78, 5) is 4.54. The molecule has 0 spiro atoms. The number of nitrogens with one attached hydrogen (secondary N) is 2. The van der Waals surface area contributed by atoms with Crippen molar-refractivity contribution in [2.75, 3.05) is 19.7 Å². The van der Waals surface area contributed by atoms with Gasteiger partial charge in [-0.15, -0.1) is 24.0 Å². The first-order chi connectivity index (χ1) is 11.7. The molecular formula is C19H26IN3O2. The Labute approximate surface area is 166 Å². The Balaban J connectivity index is 0.00000312. The molecule has 0 aromatic heterocycles. The monoisotopic (exact) mass is 455 g/mol. The Morgan fingerprint density at radius 2 is 1.72 bits per heavy atom. The van der Waals surface area contributed by atoms with Crippen molar-refractivity contribution >= 4 is 29.9 Å². The summed E-state index contributed by atoms with van der Waals surface area (Å²) in [6, 6.07) is 17.0. The minimum Gasteiger partial charge on any atom is -0.508 e. The molecule has 0 aliphatic rings. The van der Waals surface area contributed by atoms with Crippen LogP contribution >= 0.6 is 24.0 Å². The second kappa shape index (κ2) is 11.7. The van der Waals surface area contributed by atoms with Crippen LogP contribution in [0, 0.1) is 0 Å². The summed E-state index contributed by atoms with van der Waals surface area (Å²) in [7, 11) is 0. The van der Waals surface area contributed by atoms with Crippen molar-refractivity contribution in [1.29, 1.82) is 0 Å². The van der Waals surface area contributed by atoms with Crippen molar-refractivity contribution in [3.8, 4) is 5.75 Å². The normalized spacial score (nSPS) is 12.2. The highest BCUT2D eigenvalue weighted by Gasteiger charge is 2.10. The van der Waals surface area contributed by atoms with E-state index in [1.807, 2.05) is 49.4 Å². The minimum atomic E-state index is 0. The van der Waals surface area contributed by atoms with Gasteiger partial charge in [-0.2, -0.15) is 0 Å². The van der Waals surface area contributed by atoms with Crippen molar-refractivity contribution in [1.82, 2.24) is 10.6 Å². The molecule has 0 saturated carbocycles. The Kier molecular flexibility index (Phi) is 9.94. The molecule has 2 rings (SSSR count). The van der Waals surface area contributed by atoms with Crippen LogP contribution in [0.5, 0.6) is 5.75 Å². The van der Waals surface area contributed by atoms with E-state index in [0.29, 0.717) is 19.0 Å². The summed E-state index contributed by atoms with van der Waals surface area (Å²) >= 11 is 0. The molecule has 0 saturated heterocycles. The highest BCUT2D eigenvalue weighted by Crippen LogP contribution is 2.13. The Morgan fingerprint density at radius 3 is 2.32 bits per heavy atom. The zero-order valence-corrected chi connectivity index (χ0v) is 16.7. The number of aromatic hydroxyl groups is 1. The average molecular weight is 455 g/mol. The number of nitrogens with zero attached hydrogens (tertiary/aromatic N) is 1. The predicted octanol–water partition coefficient (Wildman–Crippen LogP) is 2.84. The number of aliphatic hydroxyl groups is 1. The number of halogens is 1. The molecule has 2 aromatic rings. The second-order valence-corrected chi connectivity index (χ2v) is 5.53. The van der Waals surface area contributed by atoms with Crippen molar-refractivity contribution in [2.24, 2.45) is 4.99 Å². The van der Waals surface area contributed by atoms with Crippen LogP contribution in [0.2, 0.25) is 0 Å². The maximum atomic E-state index is 9.63. The van der Waals surface area contributed by atoms with Gasteiger partial charge in [0.15, 0.2) is 5.96 Å². The first-order valence-electron chi connectivity index (χ1n) is 8.18. The number of rotatable bonds is 7. The smallest absolute Gasteiger partial charge is 0.191 e. The van der Waals surface area contributed by atoms with Crippen LogP contribution in [0.3, 0.4) is 0 Å². The average Bonchev–Trinajstić information content (AvgIpc) is 2.62. The number of phenolic OH excluding ortho intramolecular Hbond substituents is 1. The number of benzene rings is 2. The molecule has 4 N–H and O–H groups in total. The molecule has 0 aliphatic heterocycles. The van der Waals surface area contributed by atoms with E-state index in [1.54, 1.807) is 12.1 Å². The predicted molar refractivity (Wildman–Crippen MR) is 113 cm³/mol. The lowest BCUT2D eigenvalue weighted by molar-refractivity contribution is 0.265. The molecule has 0 amide bonds. The summed E-state index contributed by atoms with van der Waals surface area (Å²) in [5.41, 5.74) is 2.12. The van der Waals surface area contributed by atoms with Gasteiger partial charge >= 0.3 is 0 Å². The number of hydrogen-bond donors (Lipinski definition) is 4. The lowest BCUT2D eigenvalue weighted by Gasteiger charge is -2.18. The number of aliphatic hydroxyl groups excluding tert-OH is 1. The summed E-state index contributed by atoms with van der Waals surface area (Å²) < 4.78 is 0. The number of hydrogen-bond acceptors (Lipinski definition) is 3. The fourth-order valence-corrected chi connectivity index (χ4v) is 2.35. The second-order valence-electron chi connectivity index (χ2n) is 5.53. The Morgan fingerprint density at radius 1 is 1.04 bits per heavy atom. The highest BCUT2D eigenvalue weighted by molar-refractivity contribution is 14.0. The topological polar surface area (TPSA) is 76.9 Å². The van der Waals surface area contributed by atoms with Crippen molar-refractivity contribution in [3.63, 3.8) is 0 Å². The molecule has 2 aromatic carbocycles. The zero-order chi connectivity index (χ0) is 17.2. The van der Waals surface area contributed by atoms with Gasteiger partial charge in [-0.25, -0.2) is 4.99 Å². The Bertz CT molecular complexity index is 633. The Hall–Kier alpha value is -1.80. The standard InChI is InChI=1S/C19H25N3O2.HI/c1-2-20-19(21-12-15-8-10-18(24)11-9-15)22-13-17(14-23)16-6-4-3-5-7-16;/h3-11,17,23-24H,2,12-14H2,1H3,(H2,20,21,22);1H. The molecule has 1 unspecified atom stereocenters. The van der Waals surface area contributed by atoms with Gasteiger partial charge in [0.2, 0.25) is 0 Å². The molecule has 6 heteroatoms. The quantitative estimate of drug-likeness (QED) is 0.294. The summed E-state index contributed by atoms with van der Waals surface area (Å²) in [6.07, 6.45) is 0. The van der Waals surface area contributed by atoms with Crippen LogP contribution in [0.25, 0.3) is 0 Å². The van der Waals surface area contributed by atoms with Crippen molar-refractivity contribution in [2.45, 2.75) is 19.4 Å². The molecule has 1 atom stereocenters. The number of phenols is 1. The number of guanidine groups is 1. The van der Waals surface area contributed by atoms with Gasteiger partial charge in [-0.05, 0) is 30.2 Å². The van der Waals surface area contributed by atoms with E-state index in [4.69, 9.17) is 0 Å². The molecule has 25 heavy (non-hydrogen) atoms. The van der Waals surface area contributed by atoms with E-state index >= 15 is 0 Å². The molecule has 0 heterocycles. The molecule has 0 fully saturated rings. The van der Waals surface area contributed by atoms with Crippen LogP contribution in [0.15, 0.2) is 59.6 Å². The van der Waals surface area contributed by atoms with Crippen LogP contribution in [0.4, 0.5) is 0 Å². The summed E-state index contributed by atoms with van der Waals surface area (Å²) in [5.74, 6) is 0.977. The molecule has 0 radical (unpaired) electrons. The summed E-state index contributed by atoms with van der Waals surface area (Å²) in [6.45, 7) is 3.97. The first-order valence-corrected chi connectivity index (χ1v) is 8.18. The fourth-order valence-electron chi connectivity index (χ4n) is 2.35. The van der Waals surface area contributed by atoms with E-state index in [2.05, 4.69) is 15.6 Å². The van der Waals surface area contributed by atoms with Crippen molar-refractivity contribution < 1.29 is 10.2 Å². The lowest BCUT2D eigenvalue weighted by Crippen LogP contribution is -2.39. The highest BCUT2D eigenvalue weighted by atomic mass is 127. The molecule has 0 bridgehead atoms. The van der Waals surface area contributed by atoms with Gasteiger partial charge in [0, 0.05) is 19.0 Å². The van der Waals surface area contributed by atoms with Gasteiger partial charge < -0.3 is 20.8 Å². The van der Waals surface area contributed by atoms with Crippen LogP contribution < -0.4 is 10.6 Å². The van der Waals surface area contributed by atoms with Crippen LogP contribution in [-0.4, -0.2) is 35.9 Å².